The molecule has 0 radical (unpaired) electrons. The van der Waals surface area contributed by atoms with Crippen molar-refractivity contribution < 1.29 is 19.2 Å². The van der Waals surface area contributed by atoms with Crippen LogP contribution in [0.5, 0.6) is 0 Å². The molecule has 0 N–H and O–H groups in total. The van der Waals surface area contributed by atoms with E-state index in [0.29, 0.717) is 18.7 Å². The first kappa shape index (κ1) is 18.1. The Morgan fingerprint density at radius 3 is 2.71 bits per heavy atom. The summed E-state index contributed by atoms with van der Waals surface area (Å²) in [7, 11) is 3.10. The maximum absolute atomic E-state index is 12.2. The van der Waals surface area contributed by atoms with E-state index in [0.717, 1.165) is 6.42 Å². The van der Waals surface area contributed by atoms with Gasteiger partial charge in [0.1, 0.15) is 6.61 Å². The predicted octanol–water partition coefficient (Wildman–Crippen LogP) is 1.94. The monoisotopic (exact) mass is 353 g/mol. The van der Waals surface area contributed by atoms with Crippen molar-refractivity contribution in [1.82, 2.24) is 9.80 Å². The smallest absolute Gasteiger partial charge is 0.410 e. The van der Waals surface area contributed by atoms with Gasteiger partial charge in [-0.1, -0.05) is 0 Å². The summed E-state index contributed by atoms with van der Waals surface area (Å²) in [5, 5.41) is 11.1. The molecule has 1 aromatic carbocycles. The number of ether oxygens (including phenoxy) is 1. The number of nitrogens with zero attached hydrogens (tertiary/aromatic N) is 3. The standard InChI is InChI=1S/C15H19N3O5S/c1-16(2)14(19)13-7-11(18(21)22)4-3-10(13)9-23-15(20)17-6-5-12(24)8-17/h3-4,7,12,24H,5-6,8-9H2,1-2H3/t12-/m0/s1. The molecular formula is C15H19N3O5S. The van der Waals surface area contributed by atoms with Crippen LogP contribution < -0.4 is 0 Å². The summed E-state index contributed by atoms with van der Waals surface area (Å²) in [5.74, 6) is -0.388. The molecule has 0 aromatic heterocycles. The molecule has 0 unspecified atom stereocenters. The largest absolute Gasteiger partial charge is 0.445 e. The fraction of sp³-hybridized carbons (Fsp3) is 0.467. The van der Waals surface area contributed by atoms with Crippen molar-refractivity contribution in [3.63, 3.8) is 0 Å². The van der Waals surface area contributed by atoms with E-state index < -0.39 is 11.0 Å². The van der Waals surface area contributed by atoms with Crippen LogP contribution in [-0.2, 0) is 11.3 Å². The molecule has 1 heterocycles. The van der Waals surface area contributed by atoms with Crippen molar-refractivity contribution in [2.45, 2.75) is 18.3 Å². The Balaban J connectivity index is 2.15. The first-order chi connectivity index (χ1) is 11.3. The molecule has 1 aliphatic heterocycles. The Morgan fingerprint density at radius 2 is 2.17 bits per heavy atom. The van der Waals surface area contributed by atoms with Gasteiger partial charge in [0.15, 0.2) is 0 Å². The Labute approximate surface area is 144 Å². The lowest BCUT2D eigenvalue weighted by Gasteiger charge is -2.17. The number of nitro benzene ring substituents is 1. The average Bonchev–Trinajstić information content (AvgIpc) is 2.98. The van der Waals surface area contributed by atoms with Gasteiger partial charge in [0.05, 0.1) is 10.5 Å². The lowest BCUT2D eigenvalue weighted by atomic mass is 10.1. The van der Waals surface area contributed by atoms with Crippen molar-refractivity contribution in [2.24, 2.45) is 0 Å². The zero-order valence-corrected chi connectivity index (χ0v) is 14.4. The highest BCUT2D eigenvalue weighted by molar-refractivity contribution is 7.81. The number of benzene rings is 1. The van der Waals surface area contributed by atoms with Crippen molar-refractivity contribution in [1.29, 1.82) is 0 Å². The fourth-order valence-corrected chi connectivity index (χ4v) is 2.69. The van der Waals surface area contributed by atoms with Crippen LogP contribution in [0.3, 0.4) is 0 Å². The summed E-state index contributed by atoms with van der Waals surface area (Å²) in [6.07, 6.45) is 0.327. The van der Waals surface area contributed by atoms with Gasteiger partial charge in [-0.3, -0.25) is 14.9 Å². The number of likely N-dealkylation sites (tertiary alicyclic amines) is 1. The summed E-state index contributed by atoms with van der Waals surface area (Å²) in [4.78, 5) is 37.5. The number of hydrogen-bond donors (Lipinski definition) is 1. The number of hydrogen-bond acceptors (Lipinski definition) is 6. The van der Waals surface area contributed by atoms with Gasteiger partial charge in [-0.2, -0.15) is 12.6 Å². The number of thiol groups is 1. The van der Waals surface area contributed by atoms with Crippen LogP contribution in [0.2, 0.25) is 0 Å². The Kier molecular flexibility index (Phi) is 5.66. The van der Waals surface area contributed by atoms with E-state index in [1.165, 1.54) is 23.1 Å². The van der Waals surface area contributed by atoms with E-state index in [-0.39, 0.29) is 29.0 Å². The van der Waals surface area contributed by atoms with Gasteiger partial charge in [-0.15, -0.1) is 0 Å². The molecule has 2 rings (SSSR count). The minimum absolute atomic E-state index is 0.126. The number of carbonyl (C=O) groups excluding carboxylic acids is 2. The minimum atomic E-state index is -0.570. The number of amides is 2. The van der Waals surface area contributed by atoms with Gasteiger partial charge in [-0.25, -0.2) is 4.79 Å². The molecule has 1 fully saturated rings. The zero-order valence-electron chi connectivity index (χ0n) is 13.5. The number of rotatable bonds is 4. The van der Waals surface area contributed by atoms with Crippen LogP contribution in [0.1, 0.15) is 22.3 Å². The Bertz CT molecular complexity index is 665. The molecule has 0 saturated carbocycles. The van der Waals surface area contributed by atoms with Gasteiger partial charge >= 0.3 is 6.09 Å². The van der Waals surface area contributed by atoms with Crippen LogP contribution >= 0.6 is 12.6 Å². The summed E-state index contributed by atoms with van der Waals surface area (Å²) >= 11 is 4.32. The van der Waals surface area contributed by atoms with Crippen molar-refractivity contribution >= 4 is 30.3 Å². The molecule has 1 atom stereocenters. The summed E-state index contributed by atoms with van der Waals surface area (Å²) in [6, 6.07) is 3.92. The van der Waals surface area contributed by atoms with E-state index in [1.54, 1.807) is 19.0 Å². The fourth-order valence-electron chi connectivity index (χ4n) is 2.38. The second-order valence-electron chi connectivity index (χ2n) is 5.74. The summed E-state index contributed by atoms with van der Waals surface area (Å²) in [5.41, 5.74) is 0.387. The molecule has 2 amide bonds. The SMILES string of the molecule is CN(C)C(=O)c1cc([N+](=O)[O-])ccc1COC(=O)N1CC[C@H](S)C1. The molecule has 8 nitrogen and oxygen atoms in total. The Morgan fingerprint density at radius 1 is 1.46 bits per heavy atom. The van der Waals surface area contributed by atoms with E-state index in [4.69, 9.17) is 4.74 Å². The van der Waals surface area contributed by atoms with Gasteiger partial charge in [-0.05, 0) is 12.5 Å². The zero-order chi connectivity index (χ0) is 17.9. The molecule has 130 valence electrons. The third kappa shape index (κ3) is 4.16. The lowest BCUT2D eigenvalue weighted by Crippen LogP contribution is -2.30. The maximum Gasteiger partial charge on any atom is 0.410 e. The minimum Gasteiger partial charge on any atom is -0.445 e. The van der Waals surface area contributed by atoms with E-state index >= 15 is 0 Å². The van der Waals surface area contributed by atoms with Gasteiger partial charge in [0.25, 0.3) is 11.6 Å². The first-order valence-corrected chi connectivity index (χ1v) is 7.90. The van der Waals surface area contributed by atoms with Gasteiger partial charge in [0, 0.05) is 50.1 Å². The summed E-state index contributed by atoms with van der Waals surface area (Å²) < 4.78 is 5.24. The highest BCUT2D eigenvalue weighted by Gasteiger charge is 2.25. The molecule has 24 heavy (non-hydrogen) atoms. The second kappa shape index (κ2) is 7.52. The van der Waals surface area contributed by atoms with Gasteiger partial charge < -0.3 is 14.5 Å². The molecule has 1 aromatic rings. The first-order valence-electron chi connectivity index (χ1n) is 7.38. The molecule has 0 spiro atoms. The van der Waals surface area contributed by atoms with Gasteiger partial charge in [0.2, 0.25) is 0 Å². The highest BCUT2D eigenvalue weighted by Crippen LogP contribution is 2.21. The normalized spacial score (nSPS) is 16.8. The van der Waals surface area contributed by atoms with Crippen LogP contribution in [-0.4, -0.2) is 59.2 Å². The molecule has 1 saturated heterocycles. The molecular weight excluding hydrogens is 334 g/mol. The quantitative estimate of drug-likeness (QED) is 0.507. The predicted molar refractivity (Wildman–Crippen MR) is 90.3 cm³/mol. The number of carbonyl (C=O) groups is 2. The average molecular weight is 353 g/mol. The maximum atomic E-state index is 12.2. The number of nitro groups is 1. The lowest BCUT2D eigenvalue weighted by molar-refractivity contribution is -0.384. The van der Waals surface area contributed by atoms with E-state index in [2.05, 4.69) is 12.6 Å². The highest BCUT2D eigenvalue weighted by atomic mass is 32.1. The van der Waals surface area contributed by atoms with Crippen molar-refractivity contribution in [3.8, 4) is 0 Å². The number of non-ortho nitro benzene ring substituents is 1. The third-order valence-electron chi connectivity index (χ3n) is 3.71. The molecule has 0 aliphatic carbocycles. The molecule has 0 bridgehead atoms. The molecule has 9 heteroatoms. The van der Waals surface area contributed by atoms with E-state index in [9.17, 15) is 19.7 Å². The van der Waals surface area contributed by atoms with E-state index in [1.807, 2.05) is 0 Å². The topological polar surface area (TPSA) is 93.0 Å². The second-order valence-corrected chi connectivity index (χ2v) is 6.47. The van der Waals surface area contributed by atoms with Crippen molar-refractivity contribution in [3.05, 3.63) is 39.4 Å². The summed E-state index contributed by atoms with van der Waals surface area (Å²) in [6.45, 7) is 0.974. The Hall–Kier alpha value is -2.29. The van der Waals surface area contributed by atoms with Crippen LogP contribution in [0.25, 0.3) is 0 Å². The molecule has 1 aliphatic rings. The van der Waals surface area contributed by atoms with Crippen LogP contribution in [0.15, 0.2) is 18.2 Å². The van der Waals surface area contributed by atoms with Crippen LogP contribution in [0.4, 0.5) is 10.5 Å². The third-order valence-corrected chi connectivity index (χ3v) is 4.14. The van der Waals surface area contributed by atoms with Crippen LogP contribution in [0, 0.1) is 10.1 Å². The van der Waals surface area contributed by atoms with Crippen molar-refractivity contribution in [2.75, 3.05) is 27.2 Å².